The van der Waals surface area contributed by atoms with Gasteiger partial charge in [-0.3, -0.25) is 4.79 Å². The van der Waals surface area contributed by atoms with Crippen LogP contribution in [0.1, 0.15) is 27.4 Å². The number of carbonyl (C=O) groups is 1. The number of hydrogen-bond donors (Lipinski definition) is 0. The Hall–Kier alpha value is -1.99. The monoisotopic (exact) mass is 331 g/mol. The van der Waals surface area contributed by atoms with E-state index in [-0.39, 0.29) is 5.78 Å². The third kappa shape index (κ3) is 2.94. The van der Waals surface area contributed by atoms with E-state index in [4.69, 9.17) is 0 Å². The predicted molar refractivity (Wildman–Crippen MR) is 78.0 cm³/mol. The molecule has 0 aliphatic rings. The van der Waals surface area contributed by atoms with E-state index in [1.807, 2.05) is 12.1 Å². The molecule has 0 N–H and O–H groups in total. The maximum absolute atomic E-state index is 13.2. The first-order valence-corrected chi connectivity index (χ1v) is 6.77. The summed E-state index contributed by atoms with van der Waals surface area (Å²) in [5.41, 5.74) is 1.63. The molecule has 1 atom stereocenters. The smallest absolute Gasteiger partial charge is 0.184 e. The third-order valence-electron chi connectivity index (χ3n) is 3.03. The van der Waals surface area contributed by atoms with Gasteiger partial charge in [-0.15, -0.1) is 0 Å². The largest absolute Gasteiger partial charge is 0.292 e. The Bertz CT molecular complexity index is 706. The van der Waals surface area contributed by atoms with Gasteiger partial charge in [0.25, 0.3) is 0 Å². The van der Waals surface area contributed by atoms with Crippen molar-refractivity contribution in [1.82, 2.24) is 0 Å². The van der Waals surface area contributed by atoms with Gasteiger partial charge in [-0.1, -0.05) is 28.1 Å². The Morgan fingerprint density at radius 3 is 2.65 bits per heavy atom. The summed E-state index contributed by atoms with van der Waals surface area (Å²) in [4.78, 5) is 12.5. The number of aryl methyl sites for hydroxylation is 1. The Morgan fingerprint density at radius 1 is 1.30 bits per heavy atom. The number of carbonyl (C=O) groups excluding carboxylic acids is 1. The van der Waals surface area contributed by atoms with Crippen LogP contribution in [-0.4, -0.2) is 5.78 Å². The maximum atomic E-state index is 13.2. The van der Waals surface area contributed by atoms with E-state index < -0.39 is 11.7 Å². The highest BCUT2D eigenvalue weighted by molar-refractivity contribution is 9.10. The molecule has 100 valence electrons. The predicted octanol–water partition coefficient (Wildman–Crippen LogP) is 4.39. The molecule has 0 aliphatic carbocycles. The van der Waals surface area contributed by atoms with Crippen LogP contribution < -0.4 is 0 Å². The molecule has 0 heterocycles. The molecule has 2 nitrogen and oxygen atoms in total. The second-order valence-electron chi connectivity index (χ2n) is 4.44. The van der Waals surface area contributed by atoms with Crippen LogP contribution in [0.5, 0.6) is 0 Å². The first-order chi connectivity index (χ1) is 9.52. The molecule has 0 radical (unpaired) electrons. The molecular weight excluding hydrogens is 321 g/mol. The lowest BCUT2D eigenvalue weighted by Gasteiger charge is -2.11. The molecule has 2 aromatic rings. The van der Waals surface area contributed by atoms with Gasteiger partial charge in [0.2, 0.25) is 0 Å². The van der Waals surface area contributed by atoms with Crippen LogP contribution in [0, 0.1) is 24.1 Å². The van der Waals surface area contributed by atoms with Crippen molar-refractivity contribution in [1.29, 1.82) is 5.26 Å². The topological polar surface area (TPSA) is 40.9 Å². The number of halogens is 2. The number of benzene rings is 2. The number of nitrogens with zero attached hydrogens (tertiary/aromatic N) is 1. The summed E-state index contributed by atoms with van der Waals surface area (Å²) in [6.07, 6.45) is 0. The molecule has 0 aliphatic heterocycles. The first-order valence-electron chi connectivity index (χ1n) is 5.98. The summed E-state index contributed by atoms with van der Waals surface area (Å²) >= 11 is 3.33. The molecule has 4 heteroatoms. The molecule has 0 aromatic heterocycles. The van der Waals surface area contributed by atoms with Gasteiger partial charge < -0.3 is 0 Å². The van der Waals surface area contributed by atoms with Crippen LogP contribution in [0.4, 0.5) is 4.39 Å². The van der Waals surface area contributed by atoms with E-state index >= 15 is 0 Å². The molecule has 0 saturated heterocycles. The minimum Gasteiger partial charge on any atom is -0.292 e. The van der Waals surface area contributed by atoms with Crippen LogP contribution in [0.2, 0.25) is 0 Å². The van der Waals surface area contributed by atoms with Gasteiger partial charge in [0.1, 0.15) is 11.7 Å². The van der Waals surface area contributed by atoms with Gasteiger partial charge in [0, 0.05) is 10.0 Å². The van der Waals surface area contributed by atoms with Crippen LogP contribution in [0.3, 0.4) is 0 Å². The molecule has 0 bridgehead atoms. The van der Waals surface area contributed by atoms with Gasteiger partial charge in [0.15, 0.2) is 5.78 Å². The molecule has 0 amide bonds. The van der Waals surface area contributed by atoms with Crippen molar-refractivity contribution in [2.45, 2.75) is 12.8 Å². The fraction of sp³-hybridized carbons (Fsp3) is 0.125. The summed E-state index contributed by atoms with van der Waals surface area (Å²) in [5, 5.41) is 9.25. The first kappa shape index (κ1) is 14.4. The van der Waals surface area contributed by atoms with Crippen molar-refractivity contribution in [2.75, 3.05) is 0 Å². The van der Waals surface area contributed by atoms with Gasteiger partial charge in [-0.2, -0.15) is 5.26 Å². The SMILES string of the molecule is Cc1cc(Br)ccc1C(=O)C(C#N)c1cccc(F)c1. The van der Waals surface area contributed by atoms with Crippen molar-refractivity contribution >= 4 is 21.7 Å². The van der Waals surface area contributed by atoms with Crippen molar-refractivity contribution in [3.8, 4) is 6.07 Å². The van der Waals surface area contributed by atoms with Crippen molar-refractivity contribution in [3.05, 3.63) is 69.4 Å². The van der Waals surface area contributed by atoms with Crippen molar-refractivity contribution in [3.63, 3.8) is 0 Å². The van der Waals surface area contributed by atoms with Gasteiger partial charge in [-0.25, -0.2) is 4.39 Å². The third-order valence-corrected chi connectivity index (χ3v) is 3.52. The van der Waals surface area contributed by atoms with Crippen molar-refractivity contribution < 1.29 is 9.18 Å². The van der Waals surface area contributed by atoms with Crippen LogP contribution in [0.25, 0.3) is 0 Å². The average Bonchev–Trinajstić information content (AvgIpc) is 2.39. The molecule has 0 saturated carbocycles. The van der Waals surface area contributed by atoms with Gasteiger partial charge >= 0.3 is 0 Å². The second-order valence-corrected chi connectivity index (χ2v) is 5.36. The normalized spacial score (nSPS) is 11.7. The minimum atomic E-state index is -0.995. The zero-order valence-corrected chi connectivity index (χ0v) is 12.3. The van der Waals surface area contributed by atoms with E-state index in [9.17, 15) is 14.4 Å². The highest BCUT2D eigenvalue weighted by atomic mass is 79.9. The standard InChI is InChI=1S/C16H11BrFNO/c1-10-7-12(17)5-6-14(10)16(20)15(9-19)11-3-2-4-13(18)8-11/h2-8,15H,1H3. The molecule has 0 fully saturated rings. The fourth-order valence-corrected chi connectivity index (χ4v) is 2.51. The molecule has 2 rings (SSSR count). The Labute approximate surface area is 125 Å². The maximum Gasteiger partial charge on any atom is 0.184 e. The van der Waals surface area contributed by atoms with E-state index in [0.29, 0.717) is 11.1 Å². The zero-order valence-electron chi connectivity index (χ0n) is 10.7. The van der Waals surface area contributed by atoms with Crippen LogP contribution >= 0.6 is 15.9 Å². The Morgan fingerprint density at radius 2 is 2.05 bits per heavy atom. The molecular formula is C16H11BrFNO. The molecule has 2 aromatic carbocycles. The lowest BCUT2D eigenvalue weighted by Crippen LogP contribution is -2.12. The van der Waals surface area contributed by atoms with E-state index in [1.165, 1.54) is 18.2 Å². The quantitative estimate of drug-likeness (QED) is 0.783. The summed E-state index contributed by atoms with van der Waals surface area (Å²) in [6, 6.07) is 12.8. The Balaban J connectivity index is 2.42. The number of ketones is 1. The second kappa shape index (κ2) is 5.98. The summed E-state index contributed by atoms with van der Waals surface area (Å²) in [7, 11) is 0. The summed E-state index contributed by atoms with van der Waals surface area (Å²) in [5.74, 6) is -1.77. The van der Waals surface area contributed by atoms with E-state index in [0.717, 1.165) is 10.0 Å². The molecule has 20 heavy (non-hydrogen) atoms. The van der Waals surface area contributed by atoms with E-state index in [1.54, 1.807) is 25.1 Å². The van der Waals surface area contributed by atoms with Crippen molar-refractivity contribution in [2.24, 2.45) is 0 Å². The summed E-state index contributed by atoms with van der Waals surface area (Å²) in [6.45, 7) is 1.80. The van der Waals surface area contributed by atoms with E-state index in [2.05, 4.69) is 15.9 Å². The highest BCUT2D eigenvalue weighted by Crippen LogP contribution is 2.24. The van der Waals surface area contributed by atoms with Crippen LogP contribution in [-0.2, 0) is 0 Å². The Kier molecular flexibility index (Phi) is 4.31. The minimum absolute atomic E-state index is 0.317. The zero-order chi connectivity index (χ0) is 14.7. The highest BCUT2D eigenvalue weighted by Gasteiger charge is 2.23. The lowest BCUT2D eigenvalue weighted by molar-refractivity contribution is 0.0978. The summed E-state index contributed by atoms with van der Waals surface area (Å²) < 4.78 is 14.1. The average molecular weight is 332 g/mol. The number of Topliss-reactive ketones (excluding diaryl/α,β-unsaturated/α-hetero) is 1. The van der Waals surface area contributed by atoms with Gasteiger partial charge in [0.05, 0.1) is 6.07 Å². The number of rotatable bonds is 3. The van der Waals surface area contributed by atoms with Gasteiger partial charge in [-0.05, 0) is 48.4 Å². The van der Waals surface area contributed by atoms with Crippen LogP contribution in [0.15, 0.2) is 46.9 Å². The number of hydrogen-bond acceptors (Lipinski definition) is 2. The lowest BCUT2D eigenvalue weighted by atomic mass is 9.90. The number of nitriles is 1. The molecule has 0 spiro atoms. The molecule has 1 unspecified atom stereocenters. The fourth-order valence-electron chi connectivity index (χ4n) is 2.03.